The standard InChI is InChI=1S/C18H23N3O3S2/c19-13-18(8-1-2-9-18)21-17(22)14-5-3-7-16(11-14)26(23,24)20-12-15-6-4-10-25-15/h3-7,10-11,20H,1-2,8-9,12-13,19H2,(H,21,22). The first-order chi connectivity index (χ1) is 12.4. The van der Waals surface area contributed by atoms with Crippen LogP contribution in [-0.2, 0) is 16.6 Å². The van der Waals surface area contributed by atoms with Gasteiger partial charge in [0.1, 0.15) is 0 Å². The van der Waals surface area contributed by atoms with E-state index in [2.05, 4.69) is 10.0 Å². The van der Waals surface area contributed by atoms with Crippen LogP contribution in [0.4, 0.5) is 0 Å². The minimum Gasteiger partial charge on any atom is -0.345 e. The van der Waals surface area contributed by atoms with Gasteiger partial charge in [-0.15, -0.1) is 11.3 Å². The Morgan fingerprint density at radius 3 is 2.62 bits per heavy atom. The maximum atomic E-state index is 12.6. The quantitative estimate of drug-likeness (QED) is 0.671. The van der Waals surface area contributed by atoms with Gasteiger partial charge >= 0.3 is 0 Å². The van der Waals surface area contributed by atoms with Crippen molar-refractivity contribution in [2.45, 2.75) is 42.7 Å². The highest BCUT2D eigenvalue weighted by Gasteiger charge is 2.34. The normalized spacial score (nSPS) is 16.5. The third-order valence-electron chi connectivity index (χ3n) is 4.75. The Bertz CT molecular complexity index is 858. The van der Waals surface area contributed by atoms with E-state index in [4.69, 9.17) is 5.73 Å². The highest BCUT2D eigenvalue weighted by atomic mass is 32.2. The summed E-state index contributed by atoms with van der Waals surface area (Å²) in [6.45, 7) is 0.617. The molecule has 1 fully saturated rings. The number of thiophene rings is 1. The number of carbonyl (C=O) groups excluding carboxylic acids is 1. The van der Waals surface area contributed by atoms with Gasteiger partial charge in [-0.25, -0.2) is 13.1 Å². The molecule has 1 aliphatic rings. The molecule has 6 nitrogen and oxygen atoms in total. The van der Waals surface area contributed by atoms with Crippen molar-refractivity contribution in [1.82, 2.24) is 10.0 Å². The molecule has 1 saturated carbocycles. The van der Waals surface area contributed by atoms with E-state index in [1.165, 1.54) is 23.5 Å². The van der Waals surface area contributed by atoms with Crippen molar-refractivity contribution >= 4 is 27.3 Å². The predicted molar refractivity (Wildman–Crippen MR) is 103 cm³/mol. The Kier molecular flexibility index (Phi) is 5.76. The van der Waals surface area contributed by atoms with Gasteiger partial charge in [0.15, 0.2) is 0 Å². The highest BCUT2D eigenvalue weighted by Crippen LogP contribution is 2.29. The lowest BCUT2D eigenvalue weighted by molar-refractivity contribution is 0.0903. The summed E-state index contributed by atoms with van der Waals surface area (Å²) in [6.07, 6.45) is 3.79. The van der Waals surface area contributed by atoms with Crippen molar-refractivity contribution in [3.8, 4) is 0 Å². The van der Waals surface area contributed by atoms with Crippen molar-refractivity contribution in [3.63, 3.8) is 0 Å². The van der Waals surface area contributed by atoms with Crippen molar-refractivity contribution in [2.24, 2.45) is 5.73 Å². The maximum absolute atomic E-state index is 12.6. The molecule has 2 aromatic rings. The molecule has 0 unspecified atom stereocenters. The van der Waals surface area contributed by atoms with Crippen LogP contribution < -0.4 is 15.8 Å². The first-order valence-corrected chi connectivity index (χ1v) is 11.0. The molecule has 4 N–H and O–H groups in total. The molecular weight excluding hydrogens is 370 g/mol. The number of carbonyl (C=O) groups is 1. The zero-order valence-electron chi connectivity index (χ0n) is 14.4. The van der Waals surface area contributed by atoms with Crippen LogP contribution in [0.2, 0.25) is 0 Å². The Balaban J connectivity index is 1.73. The molecular formula is C18H23N3O3S2. The monoisotopic (exact) mass is 393 g/mol. The number of hydrogen-bond acceptors (Lipinski definition) is 5. The van der Waals surface area contributed by atoms with E-state index in [1.807, 2.05) is 17.5 Å². The third-order valence-corrected chi connectivity index (χ3v) is 7.03. The SMILES string of the molecule is NCC1(NC(=O)c2cccc(S(=O)(=O)NCc3cccs3)c2)CCCC1. The summed E-state index contributed by atoms with van der Waals surface area (Å²) in [5, 5.41) is 4.91. The molecule has 1 aromatic heterocycles. The Morgan fingerprint density at radius 2 is 1.96 bits per heavy atom. The van der Waals surface area contributed by atoms with Crippen molar-refractivity contribution < 1.29 is 13.2 Å². The zero-order valence-corrected chi connectivity index (χ0v) is 16.0. The molecule has 8 heteroatoms. The van der Waals surface area contributed by atoms with Gasteiger partial charge in [-0.1, -0.05) is 25.0 Å². The van der Waals surface area contributed by atoms with E-state index < -0.39 is 10.0 Å². The van der Waals surface area contributed by atoms with Gasteiger partial charge in [0.2, 0.25) is 10.0 Å². The largest absolute Gasteiger partial charge is 0.345 e. The molecule has 0 saturated heterocycles. The molecule has 0 radical (unpaired) electrons. The van der Waals surface area contributed by atoms with Gasteiger partial charge in [-0.05, 0) is 42.5 Å². The first-order valence-electron chi connectivity index (χ1n) is 8.59. The summed E-state index contributed by atoms with van der Waals surface area (Å²) in [6, 6.07) is 9.83. The van der Waals surface area contributed by atoms with E-state index in [0.717, 1.165) is 30.6 Å². The summed E-state index contributed by atoms with van der Waals surface area (Å²) >= 11 is 1.48. The average Bonchev–Trinajstić information content (AvgIpc) is 3.32. The number of rotatable bonds is 7. The summed E-state index contributed by atoms with van der Waals surface area (Å²) in [7, 11) is -3.69. The van der Waals surface area contributed by atoms with E-state index in [0.29, 0.717) is 12.1 Å². The second-order valence-corrected chi connectivity index (χ2v) is 9.38. The van der Waals surface area contributed by atoms with Crippen LogP contribution in [-0.4, -0.2) is 26.4 Å². The lowest BCUT2D eigenvalue weighted by Gasteiger charge is -2.28. The van der Waals surface area contributed by atoms with Gasteiger partial charge in [0.25, 0.3) is 5.91 Å². The van der Waals surface area contributed by atoms with Gasteiger partial charge in [0, 0.05) is 23.5 Å². The van der Waals surface area contributed by atoms with Gasteiger partial charge in [-0.3, -0.25) is 4.79 Å². The van der Waals surface area contributed by atoms with Gasteiger partial charge in [-0.2, -0.15) is 0 Å². The topological polar surface area (TPSA) is 101 Å². The second-order valence-electron chi connectivity index (χ2n) is 6.58. The summed E-state index contributed by atoms with van der Waals surface area (Å²) in [4.78, 5) is 13.6. The fourth-order valence-electron chi connectivity index (χ4n) is 3.21. The van der Waals surface area contributed by atoms with Crippen LogP contribution in [0, 0.1) is 0 Å². The Morgan fingerprint density at radius 1 is 1.19 bits per heavy atom. The van der Waals surface area contributed by atoms with Crippen LogP contribution >= 0.6 is 11.3 Å². The van der Waals surface area contributed by atoms with E-state index in [-0.39, 0.29) is 22.9 Å². The number of nitrogens with one attached hydrogen (secondary N) is 2. The fourth-order valence-corrected chi connectivity index (χ4v) is 5.00. The van der Waals surface area contributed by atoms with E-state index in [1.54, 1.807) is 12.1 Å². The van der Waals surface area contributed by atoms with E-state index in [9.17, 15) is 13.2 Å². The molecule has 0 aliphatic heterocycles. The number of amides is 1. The van der Waals surface area contributed by atoms with Crippen LogP contribution in [0.5, 0.6) is 0 Å². The van der Waals surface area contributed by atoms with Gasteiger partial charge in [0.05, 0.1) is 10.4 Å². The second kappa shape index (κ2) is 7.87. The van der Waals surface area contributed by atoms with Crippen LogP contribution in [0.1, 0.15) is 40.9 Å². The molecule has 26 heavy (non-hydrogen) atoms. The highest BCUT2D eigenvalue weighted by molar-refractivity contribution is 7.89. The lowest BCUT2D eigenvalue weighted by atomic mass is 9.97. The minimum absolute atomic E-state index is 0.0786. The Hall–Kier alpha value is -1.74. The average molecular weight is 394 g/mol. The third kappa shape index (κ3) is 4.32. The lowest BCUT2D eigenvalue weighted by Crippen LogP contribution is -2.51. The summed E-state index contributed by atoms with van der Waals surface area (Å²) in [5.41, 5.74) is 5.81. The van der Waals surface area contributed by atoms with Gasteiger partial charge < -0.3 is 11.1 Å². The number of sulfonamides is 1. The van der Waals surface area contributed by atoms with Crippen molar-refractivity contribution in [1.29, 1.82) is 0 Å². The molecule has 1 amide bonds. The zero-order chi connectivity index (χ0) is 18.6. The number of nitrogens with two attached hydrogens (primary N) is 1. The van der Waals surface area contributed by atoms with Crippen LogP contribution in [0.3, 0.4) is 0 Å². The number of hydrogen-bond donors (Lipinski definition) is 3. The molecule has 0 atom stereocenters. The molecule has 3 rings (SSSR count). The van der Waals surface area contributed by atoms with Crippen molar-refractivity contribution in [3.05, 3.63) is 52.2 Å². The minimum atomic E-state index is -3.69. The molecule has 1 heterocycles. The summed E-state index contributed by atoms with van der Waals surface area (Å²) < 4.78 is 27.6. The maximum Gasteiger partial charge on any atom is 0.251 e. The van der Waals surface area contributed by atoms with Crippen LogP contribution in [0.25, 0.3) is 0 Å². The molecule has 1 aliphatic carbocycles. The molecule has 140 valence electrons. The van der Waals surface area contributed by atoms with E-state index >= 15 is 0 Å². The molecule has 0 bridgehead atoms. The fraction of sp³-hybridized carbons (Fsp3) is 0.389. The molecule has 1 aromatic carbocycles. The predicted octanol–water partition coefficient (Wildman–Crippen LogP) is 2.23. The smallest absolute Gasteiger partial charge is 0.251 e. The van der Waals surface area contributed by atoms with Crippen molar-refractivity contribution in [2.75, 3.05) is 6.54 Å². The molecule has 0 spiro atoms. The summed E-state index contributed by atoms with van der Waals surface area (Å²) in [5.74, 6) is -0.285. The van der Waals surface area contributed by atoms with Crippen LogP contribution in [0.15, 0.2) is 46.7 Å². The number of benzene rings is 1. The first kappa shape index (κ1) is 19.0. The Labute approximate surface area is 157 Å².